The van der Waals surface area contributed by atoms with Gasteiger partial charge in [-0.25, -0.2) is 0 Å². The van der Waals surface area contributed by atoms with Gasteiger partial charge in [0.15, 0.2) is 0 Å². The maximum absolute atomic E-state index is 2.50. The lowest BCUT2D eigenvalue weighted by molar-refractivity contribution is 0.134. The van der Waals surface area contributed by atoms with Gasteiger partial charge in [0.2, 0.25) is 0 Å². The minimum absolute atomic E-state index is 0.589. The highest BCUT2D eigenvalue weighted by atomic mass is 14.7. The Bertz CT molecular complexity index is 202. The predicted molar refractivity (Wildman–Crippen MR) is 64.3 cm³/mol. The largest absolute Gasteiger partial charge is 0.0651 e. The molecule has 84 valence electrons. The summed E-state index contributed by atoms with van der Waals surface area (Å²) in [7, 11) is 0. The van der Waals surface area contributed by atoms with Crippen molar-refractivity contribution in [2.24, 2.45) is 28.6 Å². The first-order valence-corrected chi connectivity index (χ1v) is 6.26. The second kappa shape index (κ2) is 3.54. The maximum Gasteiger partial charge on any atom is -0.0236 e. The highest BCUT2D eigenvalue weighted by molar-refractivity contribution is 5.11. The van der Waals surface area contributed by atoms with Gasteiger partial charge in [-0.05, 0) is 35.0 Å². The summed E-state index contributed by atoms with van der Waals surface area (Å²) in [5.41, 5.74) is 1.20. The van der Waals surface area contributed by atoms with Crippen LogP contribution in [-0.2, 0) is 0 Å². The molecule has 1 fully saturated rings. The summed E-state index contributed by atoms with van der Waals surface area (Å²) >= 11 is 0. The summed E-state index contributed by atoms with van der Waals surface area (Å²) in [5.74, 6) is 2.61. The van der Waals surface area contributed by atoms with Crippen molar-refractivity contribution in [2.45, 2.75) is 61.3 Å². The van der Waals surface area contributed by atoms with E-state index in [4.69, 9.17) is 0 Å². The minimum Gasteiger partial charge on any atom is -0.0651 e. The van der Waals surface area contributed by atoms with Gasteiger partial charge in [-0.1, -0.05) is 54.9 Å². The van der Waals surface area contributed by atoms with E-state index < -0.39 is 0 Å². The molecule has 1 aliphatic rings. The molecule has 0 aromatic heterocycles. The Morgan fingerprint density at radius 2 is 1.50 bits per heavy atom. The van der Waals surface area contributed by atoms with Crippen LogP contribution in [-0.4, -0.2) is 0 Å². The Balaban J connectivity index is 2.81. The highest BCUT2D eigenvalue weighted by Gasteiger charge is 2.62. The van der Waals surface area contributed by atoms with Crippen LogP contribution in [0.4, 0.5) is 0 Å². The molecule has 1 aliphatic carbocycles. The van der Waals surface area contributed by atoms with Crippen molar-refractivity contribution in [3.63, 3.8) is 0 Å². The van der Waals surface area contributed by atoms with Gasteiger partial charge in [0.1, 0.15) is 0 Å². The summed E-state index contributed by atoms with van der Waals surface area (Å²) in [6.45, 7) is 16.9. The molecule has 3 atom stereocenters. The molecule has 3 unspecified atom stereocenters. The van der Waals surface area contributed by atoms with Crippen LogP contribution in [0.1, 0.15) is 61.3 Å². The lowest BCUT2D eigenvalue weighted by atomic mass is 9.70. The summed E-state index contributed by atoms with van der Waals surface area (Å²) in [5, 5.41) is 0. The van der Waals surface area contributed by atoms with E-state index >= 15 is 0 Å². The lowest BCUT2D eigenvalue weighted by Gasteiger charge is -2.35. The monoisotopic (exact) mass is 196 g/mol. The van der Waals surface area contributed by atoms with E-state index in [0.717, 1.165) is 17.8 Å². The van der Waals surface area contributed by atoms with E-state index in [1.54, 1.807) is 0 Å². The predicted octanol–water partition coefficient (Wildman–Crippen LogP) is 4.74. The molecule has 0 bridgehead atoms. The molecule has 0 heteroatoms. The highest BCUT2D eigenvalue weighted by Crippen LogP contribution is 2.69. The van der Waals surface area contributed by atoms with Gasteiger partial charge in [0, 0.05) is 0 Å². The molecule has 0 saturated heterocycles. The molecule has 14 heavy (non-hydrogen) atoms. The summed E-state index contributed by atoms with van der Waals surface area (Å²) in [6.07, 6.45) is 2.75. The van der Waals surface area contributed by atoms with Crippen molar-refractivity contribution in [1.29, 1.82) is 0 Å². The molecule has 1 saturated carbocycles. The fraction of sp³-hybridized carbons (Fsp3) is 1.00. The molecular formula is C14H28. The maximum atomic E-state index is 2.50. The topological polar surface area (TPSA) is 0 Å². The van der Waals surface area contributed by atoms with Gasteiger partial charge in [0.05, 0.1) is 0 Å². The Kier molecular flexibility index (Phi) is 3.05. The normalized spacial score (nSPS) is 34.3. The van der Waals surface area contributed by atoms with Gasteiger partial charge >= 0.3 is 0 Å². The molecule has 0 aromatic carbocycles. The van der Waals surface area contributed by atoms with Crippen molar-refractivity contribution in [3.05, 3.63) is 0 Å². The van der Waals surface area contributed by atoms with Crippen LogP contribution >= 0.6 is 0 Å². The van der Waals surface area contributed by atoms with Gasteiger partial charge in [-0.3, -0.25) is 0 Å². The smallest absolute Gasteiger partial charge is 0.0236 e. The Labute approximate surface area is 90.5 Å². The van der Waals surface area contributed by atoms with E-state index in [1.807, 2.05) is 0 Å². The minimum atomic E-state index is 0.589. The third kappa shape index (κ3) is 1.73. The summed E-state index contributed by atoms with van der Waals surface area (Å²) < 4.78 is 0. The van der Waals surface area contributed by atoms with Crippen LogP contribution in [0.25, 0.3) is 0 Å². The van der Waals surface area contributed by atoms with Gasteiger partial charge in [-0.15, -0.1) is 0 Å². The zero-order chi connectivity index (χ0) is 11.1. The van der Waals surface area contributed by atoms with E-state index in [-0.39, 0.29) is 0 Å². The van der Waals surface area contributed by atoms with Crippen LogP contribution in [0.3, 0.4) is 0 Å². The molecule has 0 spiro atoms. The first kappa shape index (κ1) is 12.1. The second-order valence-electron chi connectivity index (χ2n) is 6.63. The van der Waals surface area contributed by atoms with Gasteiger partial charge < -0.3 is 0 Å². The number of rotatable bonds is 4. The van der Waals surface area contributed by atoms with Crippen molar-refractivity contribution in [2.75, 3.05) is 0 Å². The Morgan fingerprint density at radius 1 is 1.07 bits per heavy atom. The molecule has 0 aromatic rings. The second-order valence-corrected chi connectivity index (χ2v) is 6.63. The number of hydrogen-bond donors (Lipinski definition) is 0. The molecule has 0 N–H and O–H groups in total. The Morgan fingerprint density at radius 3 is 1.71 bits per heavy atom. The third-order valence-corrected chi connectivity index (χ3v) is 4.94. The van der Waals surface area contributed by atoms with Crippen molar-refractivity contribution < 1.29 is 0 Å². The first-order chi connectivity index (χ1) is 6.26. The van der Waals surface area contributed by atoms with Gasteiger partial charge in [0.25, 0.3) is 0 Å². The van der Waals surface area contributed by atoms with Crippen molar-refractivity contribution in [1.82, 2.24) is 0 Å². The van der Waals surface area contributed by atoms with Crippen molar-refractivity contribution >= 4 is 0 Å². The average molecular weight is 196 g/mol. The molecular weight excluding hydrogens is 168 g/mol. The average Bonchev–Trinajstić information content (AvgIpc) is 2.50. The summed E-state index contributed by atoms with van der Waals surface area (Å²) in [6, 6.07) is 0. The standard InChI is InChI=1S/C14H28/c1-8-11(4)12(10(2)3)14(7)9-13(14,5)6/h10-12H,8-9H2,1-7H3. The molecule has 0 aliphatic heterocycles. The number of hydrogen-bond acceptors (Lipinski definition) is 0. The zero-order valence-corrected chi connectivity index (χ0v) is 11.1. The van der Waals surface area contributed by atoms with Crippen LogP contribution < -0.4 is 0 Å². The molecule has 1 rings (SSSR count). The van der Waals surface area contributed by atoms with E-state index in [0.29, 0.717) is 10.8 Å². The van der Waals surface area contributed by atoms with Crippen LogP contribution in [0.5, 0.6) is 0 Å². The lowest BCUT2D eigenvalue weighted by Crippen LogP contribution is -2.29. The SMILES string of the molecule is CCC(C)C(C(C)C)C1(C)CC1(C)C. The molecule has 0 radical (unpaired) electrons. The quantitative estimate of drug-likeness (QED) is 0.609. The van der Waals surface area contributed by atoms with E-state index in [9.17, 15) is 0 Å². The third-order valence-electron chi connectivity index (χ3n) is 4.94. The first-order valence-electron chi connectivity index (χ1n) is 6.26. The van der Waals surface area contributed by atoms with Crippen molar-refractivity contribution in [3.8, 4) is 0 Å². The zero-order valence-electron chi connectivity index (χ0n) is 11.1. The Hall–Kier alpha value is 0. The fourth-order valence-corrected chi connectivity index (χ4v) is 3.72. The fourth-order valence-electron chi connectivity index (χ4n) is 3.72. The van der Waals surface area contributed by atoms with Gasteiger partial charge in [-0.2, -0.15) is 0 Å². The summed E-state index contributed by atoms with van der Waals surface area (Å²) in [4.78, 5) is 0. The van der Waals surface area contributed by atoms with E-state index in [2.05, 4.69) is 48.5 Å². The molecule has 0 nitrogen and oxygen atoms in total. The van der Waals surface area contributed by atoms with Crippen LogP contribution in [0.15, 0.2) is 0 Å². The molecule has 0 heterocycles. The van der Waals surface area contributed by atoms with E-state index in [1.165, 1.54) is 12.8 Å². The van der Waals surface area contributed by atoms with Crippen LogP contribution in [0, 0.1) is 28.6 Å². The van der Waals surface area contributed by atoms with Crippen LogP contribution in [0.2, 0.25) is 0 Å². The molecule has 0 amide bonds.